The van der Waals surface area contributed by atoms with Crippen molar-refractivity contribution in [3.63, 3.8) is 0 Å². The van der Waals surface area contributed by atoms with E-state index in [9.17, 15) is 4.79 Å². The molecule has 0 radical (unpaired) electrons. The first-order chi connectivity index (χ1) is 9.63. The summed E-state index contributed by atoms with van der Waals surface area (Å²) in [4.78, 5) is 21.6. The monoisotopic (exact) mass is 291 g/mol. The Morgan fingerprint density at radius 2 is 2.25 bits per heavy atom. The first-order valence-corrected chi connectivity index (χ1v) is 7.19. The fourth-order valence-electron chi connectivity index (χ4n) is 1.82. The van der Waals surface area contributed by atoms with Crippen LogP contribution in [-0.4, -0.2) is 23.0 Å². The Balaban J connectivity index is 2.00. The number of nitrogens with one attached hydrogen (secondary N) is 1. The van der Waals surface area contributed by atoms with Crippen molar-refractivity contribution in [2.45, 2.75) is 26.8 Å². The smallest absolute Gasteiger partial charge is 0.253 e. The number of ether oxygens (including phenoxy) is 1. The number of amides is 1. The molecule has 0 saturated heterocycles. The highest BCUT2D eigenvalue weighted by molar-refractivity contribution is 7.11. The van der Waals surface area contributed by atoms with Crippen molar-refractivity contribution in [2.24, 2.45) is 0 Å². The quantitative estimate of drug-likeness (QED) is 0.918. The molecule has 0 fully saturated rings. The molecule has 2 rings (SSSR count). The molecule has 1 N–H and O–H groups in total. The van der Waals surface area contributed by atoms with Gasteiger partial charge in [0.2, 0.25) is 5.88 Å². The minimum atomic E-state index is -0.145. The van der Waals surface area contributed by atoms with Crippen LogP contribution in [0.15, 0.2) is 18.3 Å². The molecule has 0 aliphatic rings. The number of thiazole rings is 1. The Kier molecular flexibility index (Phi) is 4.68. The Labute approximate surface area is 122 Å². The van der Waals surface area contributed by atoms with Crippen LogP contribution in [0.2, 0.25) is 0 Å². The maximum absolute atomic E-state index is 12.0. The van der Waals surface area contributed by atoms with Crippen LogP contribution in [0.1, 0.15) is 32.9 Å². The van der Waals surface area contributed by atoms with Crippen molar-refractivity contribution in [3.05, 3.63) is 39.5 Å². The van der Waals surface area contributed by atoms with E-state index in [-0.39, 0.29) is 5.91 Å². The molecule has 106 valence electrons. The van der Waals surface area contributed by atoms with E-state index in [2.05, 4.69) is 22.2 Å². The van der Waals surface area contributed by atoms with Crippen molar-refractivity contribution < 1.29 is 9.53 Å². The van der Waals surface area contributed by atoms with Gasteiger partial charge in [0, 0.05) is 17.1 Å². The van der Waals surface area contributed by atoms with Crippen molar-refractivity contribution in [2.75, 3.05) is 7.11 Å². The Morgan fingerprint density at radius 1 is 1.45 bits per heavy atom. The number of carbonyl (C=O) groups is 1. The van der Waals surface area contributed by atoms with E-state index in [1.165, 1.54) is 6.20 Å². The molecule has 5 nitrogen and oxygen atoms in total. The summed E-state index contributed by atoms with van der Waals surface area (Å²) in [6.07, 6.45) is 2.38. The fraction of sp³-hybridized carbons (Fsp3) is 0.357. The molecule has 20 heavy (non-hydrogen) atoms. The molecule has 0 spiro atoms. The molecular formula is C14H17N3O2S. The molecule has 0 aliphatic carbocycles. The van der Waals surface area contributed by atoms with Crippen LogP contribution in [0.5, 0.6) is 5.88 Å². The van der Waals surface area contributed by atoms with Crippen LogP contribution in [0.3, 0.4) is 0 Å². The minimum absolute atomic E-state index is 0.145. The normalized spacial score (nSPS) is 10.3. The van der Waals surface area contributed by atoms with Gasteiger partial charge in [-0.2, -0.15) is 0 Å². The molecule has 1 amide bonds. The van der Waals surface area contributed by atoms with E-state index in [1.807, 2.05) is 6.92 Å². The zero-order chi connectivity index (χ0) is 14.5. The third kappa shape index (κ3) is 3.33. The van der Waals surface area contributed by atoms with Crippen molar-refractivity contribution >= 4 is 17.2 Å². The second-order valence-corrected chi connectivity index (χ2v) is 5.52. The van der Waals surface area contributed by atoms with Crippen molar-refractivity contribution in [1.29, 1.82) is 0 Å². The Hall–Kier alpha value is -1.95. The SMILES string of the molecule is CCc1nc(C)sc1CNC(=O)c1ccc(OC)nc1. The third-order valence-corrected chi connectivity index (χ3v) is 3.85. The summed E-state index contributed by atoms with van der Waals surface area (Å²) < 4.78 is 4.96. The van der Waals surface area contributed by atoms with Gasteiger partial charge in [-0.05, 0) is 19.4 Å². The van der Waals surface area contributed by atoms with Gasteiger partial charge in [0.15, 0.2) is 0 Å². The van der Waals surface area contributed by atoms with Crippen LogP contribution < -0.4 is 10.1 Å². The van der Waals surface area contributed by atoms with Gasteiger partial charge in [-0.3, -0.25) is 4.79 Å². The molecule has 0 aromatic carbocycles. The molecule has 2 aromatic heterocycles. The van der Waals surface area contributed by atoms with Gasteiger partial charge in [-0.1, -0.05) is 6.92 Å². The van der Waals surface area contributed by atoms with Crippen LogP contribution in [0.4, 0.5) is 0 Å². The van der Waals surface area contributed by atoms with Crippen LogP contribution >= 0.6 is 11.3 Å². The summed E-state index contributed by atoms with van der Waals surface area (Å²) in [5.41, 5.74) is 1.57. The van der Waals surface area contributed by atoms with E-state index in [1.54, 1.807) is 30.6 Å². The highest BCUT2D eigenvalue weighted by Crippen LogP contribution is 2.18. The van der Waals surface area contributed by atoms with Crippen molar-refractivity contribution in [1.82, 2.24) is 15.3 Å². The maximum Gasteiger partial charge on any atom is 0.253 e. The largest absolute Gasteiger partial charge is 0.481 e. The van der Waals surface area contributed by atoms with Crippen LogP contribution in [-0.2, 0) is 13.0 Å². The molecule has 0 saturated carbocycles. The van der Waals surface area contributed by atoms with Gasteiger partial charge < -0.3 is 10.1 Å². The molecule has 0 bridgehead atoms. The van der Waals surface area contributed by atoms with Crippen LogP contribution in [0, 0.1) is 6.92 Å². The number of hydrogen-bond donors (Lipinski definition) is 1. The highest BCUT2D eigenvalue weighted by atomic mass is 32.1. The summed E-state index contributed by atoms with van der Waals surface area (Å²) in [7, 11) is 1.54. The summed E-state index contributed by atoms with van der Waals surface area (Å²) in [6, 6.07) is 3.36. The number of rotatable bonds is 5. The lowest BCUT2D eigenvalue weighted by Crippen LogP contribution is -2.23. The zero-order valence-electron chi connectivity index (χ0n) is 11.8. The molecule has 0 atom stereocenters. The van der Waals surface area contributed by atoms with E-state index in [0.29, 0.717) is 18.0 Å². The molecule has 2 heterocycles. The molecule has 0 unspecified atom stereocenters. The predicted molar refractivity (Wildman–Crippen MR) is 78.2 cm³/mol. The number of nitrogens with zero attached hydrogens (tertiary/aromatic N) is 2. The molecule has 6 heteroatoms. The lowest BCUT2D eigenvalue weighted by atomic mass is 10.2. The van der Waals surface area contributed by atoms with Crippen LogP contribution in [0.25, 0.3) is 0 Å². The topological polar surface area (TPSA) is 64.1 Å². The Morgan fingerprint density at radius 3 is 2.85 bits per heavy atom. The molecule has 2 aromatic rings. The summed E-state index contributed by atoms with van der Waals surface area (Å²) >= 11 is 1.62. The average Bonchev–Trinajstić information content (AvgIpc) is 2.85. The average molecular weight is 291 g/mol. The lowest BCUT2D eigenvalue weighted by molar-refractivity contribution is 0.0951. The molecule has 0 aliphatic heterocycles. The first kappa shape index (κ1) is 14.5. The van der Waals surface area contributed by atoms with Gasteiger partial charge in [-0.15, -0.1) is 11.3 Å². The first-order valence-electron chi connectivity index (χ1n) is 6.37. The number of pyridine rings is 1. The fourth-order valence-corrected chi connectivity index (χ4v) is 2.79. The van der Waals surface area contributed by atoms with E-state index in [0.717, 1.165) is 22.0 Å². The summed E-state index contributed by atoms with van der Waals surface area (Å²) in [6.45, 7) is 4.54. The van der Waals surface area contributed by atoms with Gasteiger partial charge >= 0.3 is 0 Å². The summed E-state index contributed by atoms with van der Waals surface area (Å²) in [5, 5.41) is 3.92. The van der Waals surface area contributed by atoms with E-state index < -0.39 is 0 Å². The lowest BCUT2D eigenvalue weighted by Gasteiger charge is -2.05. The maximum atomic E-state index is 12.0. The highest BCUT2D eigenvalue weighted by Gasteiger charge is 2.10. The number of aromatic nitrogens is 2. The predicted octanol–water partition coefficient (Wildman–Crippen LogP) is 2.35. The Bertz CT molecular complexity index is 593. The van der Waals surface area contributed by atoms with Gasteiger partial charge in [0.05, 0.1) is 29.9 Å². The minimum Gasteiger partial charge on any atom is -0.481 e. The second kappa shape index (κ2) is 6.47. The van der Waals surface area contributed by atoms with Gasteiger partial charge in [-0.25, -0.2) is 9.97 Å². The van der Waals surface area contributed by atoms with Gasteiger partial charge in [0.25, 0.3) is 5.91 Å². The summed E-state index contributed by atoms with van der Waals surface area (Å²) in [5.74, 6) is 0.348. The van der Waals surface area contributed by atoms with Crippen molar-refractivity contribution in [3.8, 4) is 5.88 Å². The molecular weight excluding hydrogens is 274 g/mol. The van der Waals surface area contributed by atoms with Gasteiger partial charge in [0.1, 0.15) is 0 Å². The van der Waals surface area contributed by atoms with E-state index in [4.69, 9.17) is 4.74 Å². The standard InChI is InChI=1S/C14H17N3O2S/c1-4-11-12(20-9(2)17-11)8-16-14(18)10-5-6-13(19-3)15-7-10/h5-7H,4,8H2,1-3H3,(H,16,18). The number of aryl methyl sites for hydroxylation is 2. The number of methoxy groups -OCH3 is 1. The van der Waals surface area contributed by atoms with E-state index >= 15 is 0 Å². The second-order valence-electron chi connectivity index (χ2n) is 4.23. The number of hydrogen-bond acceptors (Lipinski definition) is 5. The zero-order valence-corrected chi connectivity index (χ0v) is 12.6. The third-order valence-electron chi connectivity index (χ3n) is 2.84. The number of carbonyl (C=O) groups excluding carboxylic acids is 1.